The van der Waals surface area contributed by atoms with Crippen LogP contribution in [0.1, 0.15) is 61.2 Å². The third-order valence-electron chi connectivity index (χ3n) is 4.54. The summed E-state index contributed by atoms with van der Waals surface area (Å²) in [6.07, 6.45) is 4.98. The van der Waals surface area contributed by atoms with Crippen molar-refractivity contribution in [3.05, 3.63) is 65.4 Å². The van der Waals surface area contributed by atoms with E-state index in [-0.39, 0.29) is 5.78 Å². The Kier molecular flexibility index (Phi) is 6.11. The van der Waals surface area contributed by atoms with Crippen LogP contribution in [0.5, 0.6) is 5.75 Å². The van der Waals surface area contributed by atoms with Gasteiger partial charge < -0.3 is 9.15 Å². The second-order valence-corrected chi connectivity index (χ2v) is 6.56. The molecular weight excluding hydrogens is 324 g/mol. The molecule has 0 radical (unpaired) electrons. The molecule has 0 spiro atoms. The Morgan fingerprint density at radius 2 is 1.69 bits per heavy atom. The summed E-state index contributed by atoms with van der Waals surface area (Å²) in [7, 11) is 0. The molecule has 0 atom stereocenters. The zero-order chi connectivity index (χ0) is 18.4. The van der Waals surface area contributed by atoms with Gasteiger partial charge >= 0.3 is 0 Å². The number of aryl methyl sites for hydroxylation is 1. The molecule has 2 aromatic carbocycles. The minimum absolute atomic E-state index is 0.0150. The second-order valence-electron chi connectivity index (χ2n) is 6.56. The third kappa shape index (κ3) is 3.98. The van der Waals surface area contributed by atoms with Gasteiger partial charge in [0.1, 0.15) is 17.1 Å². The Balaban J connectivity index is 1.89. The van der Waals surface area contributed by atoms with Crippen molar-refractivity contribution in [1.82, 2.24) is 0 Å². The van der Waals surface area contributed by atoms with Gasteiger partial charge in [-0.05, 0) is 43.2 Å². The molecule has 0 unspecified atom stereocenters. The minimum Gasteiger partial charge on any atom is -0.494 e. The lowest BCUT2D eigenvalue weighted by Crippen LogP contribution is -2.04. The minimum atomic E-state index is 0.0150. The van der Waals surface area contributed by atoms with Crippen molar-refractivity contribution in [2.45, 2.75) is 46.0 Å². The Bertz CT molecular complexity index is 859. The predicted molar refractivity (Wildman–Crippen MR) is 105 cm³/mol. The van der Waals surface area contributed by atoms with E-state index in [9.17, 15) is 4.79 Å². The van der Waals surface area contributed by atoms with Gasteiger partial charge in [-0.2, -0.15) is 0 Å². The quantitative estimate of drug-likeness (QED) is 0.341. The molecule has 3 heteroatoms. The monoisotopic (exact) mass is 350 g/mol. The second kappa shape index (κ2) is 8.70. The first-order chi connectivity index (χ1) is 12.7. The highest BCUT2D eigenvalue weighted by molar-refractivity contribution is 6.16. The van der Waals surface area contributed by atoms with E-state index in [0.717, 1.165) is 54.6 Å². The molecule has 3 aromatic rings. The van der Waals surface area contributed by atoms with Gasteiger partial charge in [0, 0.05) is 17.4 Å². The molecule has 0 bridgehead atoms. The summed E-state index contributed by atoms with van der Waals surface area (Å²) in [6, 6.07) is 15.2. The van der Waals surface area contributed by atoms with Crippen LogP contribution in [0.25, 0.3) is 11.0 Å². The van der Waals surface area contributed by atoms with Gasteiger partial charge in [0.2, 0.25) is 0 Å². The molecule has 3 rings (SSSR count). The molecule has 0 N–H and O–H groups in total. The molecule has 0 aliphatic heterocycles. The van der Waals surface area contributed by atoms with Gasteiger partial charge in [-0.1, -0.05) is 44.9 Å². The van der Waals surface area contributed by atoms with Crippen LogP contribution in [0.2, 0.25) is 0 Å². The molecule has 0 aliphatic rings. The summed E-state index contributed by atoms with van der Waals surface area (Å²) < 4.78 is 11.7. The number of hydrogen-bond acceptors (Lipinski definition) is 3. The van der Waals surface area contributed by atoms with Crippen molar-refractivity contribution in [3.8, 4) is 5.75 Å². The molecule has 136 valence electrons. The van der Waals surface area contributed by atoms with Crippen molar-refractivity contribution in [2.75, 3.05) is 6.61 Å². The molecule has 0 aliphatic carbocycles. The summed E-state index contributed by atoms with van der Waals surface area (Å²) >= 11 is 0. The number of ketones is 1. The maximum atomic E-state index is 13.2. The lowest BCUT2D eigenvalue weighted by Gasteiger charge is -2.07. The smallest absolute Gasteiger partial charge is 0.197 e. The standard InChI is InChI=1S/C23H26O3/c1-3-5-10-21-22(19-9-7-8-11-20(19)26-21)23(24)17-12-14-18(15-13-17)25-16-6-4-2/h7-9,11-15H,3-6,10,16H2,1-2H3. The Labute approximate surface area is 155 Å². The van der Waals surface area contributed by atoms with Gasteiger partial charge in [-0.25, -0.2) is 0 Å². The fourth-order valence-corrected chi connectivity index (χ4v) is 3.04. The number of carbonyl (C=O) groups is 1. The summed E-state index contributed by atoms with van der Waals surface area (Å²) in [4.78, 5) is 13.2. The number of fused-ring (bicyclic) bond motifs is 1. The highest BCUT2D eigenvalue weighted by Crippen LogP contribution is 2.29. The molecule has 3 nitrogen and oxygen atoms in total. The van der Waals surface area contributed by atoms with Crippen molar-refractivity contribution in [1.29, 1.82) is 0 Å². The summed E-state index contributed by atoms with van der Waals surface area (Å²) in [6.45, 7) is 4.98. The molecule has 26 heavy (non-hydrogen) atoms. The molecule has 0 saturated heterocycles. The number of ether oxygens (including phenoxy) is 1. The highest BCUT2D eigenvalue weighted by Gasteiger charge is 2.21. The molecule has 0 amide bonds. The number of hydrogen-bond donors (Lipinski definition) is 0. The maximum Gasteiger partial charge on any atom is 0.197 e. The van der Waals surface area contributed by atoms with Crippen molar-refractivity contribution in [2.24, 2.45) is 0 Å². The first kappa shape index (κ1) is 18.2. The summed E-state index contributed by atoms with van der Waals surface area (Å²) in [5.74, 6) is 1.61. The van der Waals surface area contributed by atoms with E-state index in [1.54, 1.807) is 0 Å². The Hall–Kier alpha value is -2.55. The molecular formula is C23H26O3. The van der Waals surface area contributed by atoms with E-state index in [1.807, 2.05) is 48.5 Å². The Morgan fingerprint density at radius 1 is 0.962 bits per heavy atom. The van der Waals surface area contributed by atoms with Crippen LogP contribution in [0.4, 0.5) is 0 Å². The summed E-state index contributed by atoms with van der Waals surface area (Å²) in [5, 5.41) is 0.895. The van der Waals surface area contributed by atoms with E-state index in [2.05, 4.69) is 13.8 Å². The normalized spacial score (nSPS) is 11.0. The van der Waals surface area contributed by atoms with Gasteiger partial charge in [0.05, 0.1) is 12.2 Å². The number of unbranched alkanes of at least 4 members (excludes halogenated alkanes) is 2. The van der Waals surface area contributed by atoms with Crippen molar-refractivity contribution in [3.63, 3.8) is 0 Å². The lowest BCUT2D eigenvalue weighted by molar-refractivity contribution is 0.103. The Morgan fingerprint density at radius 3 is 2.42 bits per heavy atom. The van der Waals surface area contributed by atoms with Crippen LogP contribution in [0.3, 0.4) is 0 Å². The van der Waals surface area contributed by atoms with E-state index in [0.29, 0.717) is 17.7 Å². The van der Waals surface area contributed by atoms with E-state index >= 15 is 0 Å². The summed E-state index contributed by atoms with van der Waals surface area (Å²) in [5.41, 5.74) is 2.15. The van der Waals surface area contributed by atoms with Crippen molar-refractivity contribution >= 4 is 16.8 Å². The van der Waals surface area contributed by atoms with Gasteiger partial charge in [0.25, 0.3) is 0 Å². The number of benzene rings is 2. The van der Waals surface area contributed by atoms with Crippen LogP contribution in [-0.4, -0.2) is 12.4 Å². The van der Waals surface area contributed by atoms with Crippen LogP contribution in [0, 0.1) is 0 Å². The van der Waals surface area contributed by atoms with Gasteiger partial charge in [-0.3, -0.25) is 4.79 Å². The zero-order valence-electron chi connectivity index (χ0n) is 15.6. The van der Waals surface area contributed by atoms with Crippen LogP contribution >= 0.6 is 0 Å². The van der Waals surface area contributed by atoms with E-state index < -0.39 is 0 Å². The predicted octanol–water partition coefficient (Wildman–Crippen LogP) is 6.19. The number of para-hydroxylation sites is 1. The maximum absolute atomic E-state index is 13.2. The number of carbonyl (C=O) groups excluding carboxylic acids is 1. The van der Waals surface area contributed by atoms with Gasteiger partial charge in [0.15, 0.2) is 5.78 Å². The molecule has 1 heterocycles. The first-order valence-corrected chi connectivity index (χ1v) is 9.52. The van der Waals surface area contributed by atoms with E-state index in [1.165, 1.54) is 0 Å². The zero-order valence-corrected chi connectivity index (χ0v) is 15.6. The first-order valence-electron chi connectivity index (χ1n) is 9.52. The van der Waals surface area contributed by atoms with Gasteiger partial charge in [-0.15, -0.1) is 0 Å². The van der Waals surface area contributed by atoms with Crippen molar-refractivity contribution < 1.29 is 13.9 Å². The molecule has 0 saturated carbocycles. The molecule has 1 aromatic heterocycles. The molecule has 0 fully saturated rings. The van der Waals surface area contributed by atoms with E-state index in [4.69, 9.17) is 9.15 Å². The third-order valence-corrected chi connectivity index (χ3v) is 4.54. The van der Waals surface area contributed by atoms with Crippen LogP contribution in [-0.2, 0) is 6.42 Å². The fraction of sp³-hybridized carbons (Fsp3) is 0.348. The largest absolute Gasteiger partial charge is 0.494 e. The fourth-order valence-electron chi connectivity index (χ4n) is 3.04. The van der Waals surface area contributed by atoms with Crippen LogP contribution in [0.15, 0.2) is 52.9 Å². The average molecular weight is 350 g/mol. The average Bonchev–Trinajstić information content (AvgIpc) is 3.05. The number of rotatable bonds is 9. The SMILES string of the molecule is CCCCOc1ccc(C(=O)c2c(CCCC)oc3ccccc23)cc1. The number of furan rings is 1. The lowest BCUT2D eigenvalue weighted by atomic mass is 9.98. The topological polar surface area (TPSA) is 39.4 Å². The van der Waals surface area contributed by atoms with Crippen LogP contribution < -0.4 is 4.74 Å². The highest BCUT2D eigenvalue weighted by atomic mass is 16.5.